The molecule has 0 aliphatic carbocycles. The normalized spacial score (nSPS) is 9.61. The quantitative estimate of drug-likeness (QED) is 0.605. The van der Waals surface area contributed by atoms with E-state index in [1.54, 1.807) is 0 Å². The molecule has 2 amide bonds. The summed E-state index contributed by atoms with van der Waals surface area (Å²) >= 11 is 0. The van der Waals surface area contributed by atoms with E-state index in [4.69, 9.17) is 0 Å². The van der Waals surface area contributed by atoms with Crippen molar-refractivity contribution in [3.05, 3.63) is 48.0 Å². The van der Waals surface area contributed by atoms with Gasteiger partial charge in [0.05, 0.1) is 0 Å². The van der Waals surface area contributed by atoms with Crippen molar-refractivity contribution in [2.24, 2.45) is 0 Å². The molecule has 0 heterocycles. The van der Waals surface area contributed by atoms with Crippen LogP contribution in [0.25, 0.3) is 0 Å². The lowest BCUT2D eigenvalue weighted by Crippen LogP contribution is -2.39. The topological polar surface area (TPSA) is 58.2 Å². The molecule has 0 spiro atoms. The van der Waals surface area contributed by atoms with Gasteiger partial charge >= 0.3 is 11.8 Å². The van der Waals surface area contributed by atoms with Gasteiger partial charge in [-0.3, -0.25) is 9.59 Å². The maximum absolute atomic E-state index is 11.4. The van der Waals surface area contributed by atoms with E-state index in [0.717, 1.165) is 12.0 Å². The molecule has 0 aliphatic rings. The molecule has 0 saturated carbocycles. The van der Waals surface area contributed by atoms with Crippen LogP contribution >= 0.6 is 0 Å². The molecular formula is C14H18N2O2. The average molecular weight is 246 g/mol. The average Bonchev–Trinajstić information content (AvgIpc) is 2.42. The van der Waals surface area contributed by atoms with Crippen molar-refractivity contribution in [3.8, 4) is 0 Å². The number of carbonyl (C=O) groups excluding carboxylic acids is 2. The van der Waals surface area contributed by atoms with E-state index >= 15 is 0 Å². The van der Waals surface area contributed by atoms with E-state index in [0.29, 0.717) is 6.54 Å². The number of carbonyl (C=O) groups is 2. The van der Waals surface area contributed by atoms with Gasteiger partial charge in [-0.1, -0.05) is 37.3 Å². The van der Waals surface area contributed by atoms with Crippen LogP contribution in [-0.4, -0.2) is 18.4 Å². The first-order valence-corrected chi connectivity index (χ1v) is 5.92. The molecular weight excluding hydrogens is 228 g/mol. The summed E-state index contributed by atoms with van der Waals surface area (Å²) in [6, 6.07) is 7.92. The Morgan fingerprint density at radius 1 is 1.11 bits per heavy atom. The molecule has 0 unspecified atom stereocenters. The van der Waals surface area contributed by atoms with Crippen LogP contribution in [0, 0.1) is 0 Å². The number of amides is 2. The minimum atomic E-state index is -0.639. The van der Waals surface area contributed by atoms with E-state index in [9.17, 15) is 9.59 Å². The van der Waals surface area contributed by atoms with Crippen LogP contribution < -0.4 is 10.6 Å². The standard InChI is InChI=1S/C14H18N2O2/c1-3-9-15-13(17)14(18)16-10-12-7-5-11(4-2)6-8-12/h3,5-8H,1,4,9-10H2,2H3,(H,15,17)(H,16,18). The number of aryl methyl sites for hydroxylation is 1. The maximum atomic E-state index is 11.4. The van der Waals surface area contributed by atoms with Gasteiger partial charge in [0.25, 0.3) is 0 Å². The van der Waals surface area contributed by atoms with Crippen LogP contribution in [0.15, 0.2) is 36.9 Å². The number of hydrogen-bond acceptors (Lipinski definition) is 2. The van der Waals surface area contributed by atoms with Crippen molar-refractivity contribution in [3.63, 3.8) is 0 Å². The number of hydrogen-bond donors (Lipinski definition) is 2. The van der Waals surface area contributed by atoms with E-state index < -0.39 is 11.8 Å². The minimum Gasteiger partial charge on any atom is -0.344 e. The van der Waals surface area contributed by atoms with Crippen molar-refractivity contribution in [2.45, 2.75) is 19.9 Å². The Morgan fingerprint density at radius 3 is 2.22 bits per heavy atom. The molecule has 0 saturated heterocycles. The van der Waals surface area contributed by atoms with Crippen LogP contribution in [-0.2, 0) is 22.6 Å². The summed E-state index contributed by atoms with van der Waals surface area (Å²) < 4.78 is 0. The zero-order valence-electron chi connectivity index (χ0n) is 10.5. The second-order valence-electron chi connectivity index (χ2n) is 3.85. The molecule has 1 rings (SSSR count). The van der Waals surface area contributed by atoms with Gasteiger partial charge in [-0.25, -0.2) is 0 Å². The highest BCUT2D eigenvalue weighted by Crippen LogP contribution is 2.04. The van der Waals surface area contributed by atoms with Gasteiger partial charge in [-0.2, -0.15) is 0 Å². The number of nitrogens with one attached hydrogen (secondary N) is 2. The molecule has 0 bridgehead atoms. The Labute approximate surface area is 107 Å². The summed E-state index contributed by atoms with van der Waals surface area (Å²) in [5.74, 6) is -1.27. The van der Waals surface area contributed by atoms with Crippen molar-refractivity contribution >= 4 is 11.8 Å². The fourth-order valence-electron chi connectivity index (χ4n) is 1.40. The molecule has 4 nitrogen and oxygen atoms in total. The second-order valence-corrected chi connectivity index (χ2v) is 3.85. The fourth-order valence-corrected chi connectivity index (χ4v) is 1.40. The van der Waals surface area contributed by atoms with Crippen LogP contribution in [0.1, 0.15) is 18.1 Å². The molecule has 96 valence electrons. The summed E-state index contributed by atoms with van der Waals surface area (Å²) in [7, 11) is 0. The van der Waals surface area contributed by atoms with Crippen LogP contribution in [0.2, 0.25) is 0 Å². The molecule has 0 fully saturated rings. The van der Waals surface area contributed by atoms with Gasteiger partial charge in [-0.15, -0.1) is 6.58 Å². The summed E-state index contributed by atoms with van der Waals surface area (Å²) in [5.41, 5.74) is 2.21. The Hall–Kier alpha value is -2.10. The molecule has 0 radical (unpaired) electrons. The highest BCUT2D eigenvalue weighted by atomic mass is 16.2. The van der Waals surface area contributed by atoms with Crippen molar-refractivity contribution in [1.82, 2.24) is 10.6 Å². The van der Waals surface area contributed by atoms with E-state index in [-0.39, 0.29) is 6.54 Å². The molecule has 18 heavy (non-hydrogen) atoms. The molecule has 1 aromatic carbocycles. The smallest absolute Gasteiger partial charge is 0.309 e. The van der Waals surface area contributed by atoms with Gasteiger partial charge in [0.1, 0.15) is 0 Å². The van der Waals surface area contributed by atoms with Crippen molar-refractivity contribution in [1.29, 1.82) is 0 Å². The Morgan fingerprint density at radius 2 is 1.67 bits per heavy atom. The Balaban J connectivity index is 2.41. The lowest BCUT2D eigenvalue weighted by Gasteiger charge is -2.06. The third-order valence-electron chi connectivity index (χ3n) is 2.50. The van der Waals surface area contributed by atoms with E-state index in [1.807, 2.05) is 24.3 Å². The molecule has 0 aromatic heterocycles. The highest BCUT2D eigenvalue weighted by Gasteiger charge is 2.11. The zero-order chi connectivity index (χ0) is 13.4. The first-order valence-electron chi connectivity index (χ1n) is 5.92. The molecule has 0 aliphatic heterocycles. The van der Waals surface area contributed by atoms with Crippen LogP contribution in [0.4, 0.5) is 0 Å². The minimum absolute atomic E-state index is 0.289. The zero-order valence-corrected chi connectivity index (χ0v) is 10.5. The molecule has 0 atom stereocenters. The summed E-state index contributed by atoms with van der Waals surface area (Å²) in [4.78, 5) is 22.6. The van der Waals surface area contributed by atoms with Crippen molar-refractivity contribution < 1.29 is 9.59 Å². The van der Waals surface area contributed by atoms with Gasteiger partial charge in [0.15, 0.2) is 0 Å². The fraction of sp³-hybridized carbons (Fsp3) is 0.286. The third-order valence-corrected chi connectivity index (χ3v) is 2.50. The monoisotopic (exact) mass is 246 g/mol. The van der Waals surface area contributed by atoms with Crippen LogP contribution in [0.5, 0.6) is 0 Å². The van der Waals surface area contributed by atoms with Gasteiger partial charge in [0.2, 0.25) is 0 Å². The maximum Gasteiger partial charge on any atom is 0.309 e. The molecule has 1 aromatic rings. The van der Waals surface area contributed by atoms with Crippen LogP contribution in [0.3, 0.4) is 0 Å². The van der Waals surface area contributed by atoms with E-state index in [2.05, 4.69) is 24.1 Å². The molecule has 2 N–H and O–H groups in total. The SMILES string of the molecule is C=CCNC(=O)C(=O)NCc1ccc(CC)cc1. The van der Waals surface area contributed by atoms with Gasteiger partial charge in [-0.05, 0) is 17.5 Å². The van der Waals surface area contributed by atoms with Gasteiger partial charge < -0.3 is 10.6 Å². The molecule has 4 heteroatoms. The first-order chi connectivity index (χ1) is 8.67. The lowest BCUT2D eigenvalue weighted by atomic mass is 10.1. The van der Waals surface area contributed by atoms with E-state index in [1.165, 1.54) is 11.6 Å². The Bertz CT molecular complexity index is 424. The Kier molecular flexibility index (Phi) is 5.64. The van der Waals surface area contributed by atoms with Gasteiger partial charge in [0, 0.05) is 13.1 Å². The summed E-state index contributed by atoms with van der Waals surface area (Å²) in [6.07, 6.45) is 2.51. The second kappa shape index (κ2) is 7.27. The summed E-state index contributed by atoms with van der Waals surface area (Å²) in [5, 5.41) is 4.98. The first kappa shape index (κ1) is 14.0. The number of benzene rings is 1. The predicted octanol–water partition coefficient (Wildman–Crippen LogP) is 1.17. The summed E-state index contributed by atoms with van der Waals surface area (Å²) in [6.45, 7) is 6.18. The number of rotatable bonds is 5. The highest BCUT2D eigenvalue weighted by molar-refractivity contribution is 6.35. The third kappa shape index (κ3) is 4.41. The largest absolute Gasteiger partial charge is 0.344 e. The predicted molar refractivity (Wildman–Crippen MR) is 70.9 cm³/mol. The lowest BCUT2D eigenvalue weighted by molar-refractivity contribution is -0.139. The van der Waals surface area contributed by atoms with Crippen molar-refractivity contribution in [2.75, 3.05) is 6.54 Å².